The number of halogens is 4. The lowest BCUT2D eigenvalue weighted by atomic mass is 9.73. The van der Waals surface area contributed by atoms with Crippen LogP contribution in [0.1, 0.15) is 50.8 Å². The van der Waals surface area contributed by atoms with E-state index in [-0.39, 0.29) is 23.7 Å². The summed E-state index contributed by atoms with van der Waals surface area (Å²) in [4.78, 5) is 14.3. The lowest BCUT2D eigenvalue weighted by Gasteiger charge is -2.42. The molecule has 0 unspecified atom stereocenters. The van der Waals surface area contributed by atoms with E-state index in [9.17, 15) is 13.6 Å². The van der Waals surface area contributed by atoms with E-state index in [0.717, 1.165) is 5.56 Å². The van der Waals surface area contributed by atoms with Crippen molar-refractivity contribution in [3.63, 3.8) is 0 Å². The van der Waals surface area contributed by atoms with Crippen molar-refractivity contribution in [2.45, 2.75) is 50.7 Å². The second kappa shape index (κ2) is 10.5. The fraction of sp³-hybridized carbons (Fsp3) is 0.462. The molecular weight excluding hydrogens is 511 g/mol. The van der Waals surface area contributed by atoms with Crippen molar-refractivity contribution in [3.8, 4) is 0 Å². The number of amides is 1. The number of aromatic nitrogens is 2. The van der Waals surface area contributed by atoms with Crippen LogP contribution >= 0.6 is 23.2 Å². The van der Waals surface area contributed by atoms with Crippen molar-refractivity contribution in [3.05, 3.63) is 63.5 Å². The molecule has 1 amide bonds. The summed E-state index contributed by atoms with van der Waals surface area (Å²) in [6.07, 6.45) is -0.228. The zero-order valence-corrected chi connectivity index (χ0v) is 21.9. The highest BCUT2D eigenvalue weighted by atomic mass is 35.5. The third-order valence-electron chi connectivity index (χ3n) is 6.50. The number of carbonyl (C=O) groups is 1. The van der Waals surface area contributed by atoms with Crippen LogP contribution < -0.4 is 0 Å². The van der Waals surface area contributed by atoms with Crippen LogP contribution in [0, 0.1) is 5.82 Å². The Kier molecular flexibility index (Phi) is 7.78. The van der Waals surface area contributed by atoms with Crippen molar-refractivity contribution >= 4 is 40.2 Å². The molecule has 0 aliphatic carbocycles. The quantitative estimate of drug-likeness (QED) is 0.366. The number of piperidine rings is 1. The number of hydrogen-bond acceptors (Lipinski definition) is 4. The number of nitrogens with zero attached hydrogens (tertiary/aromatic N) is 2. The number of hydrogen-bond donors (Lipinski definition) is 1. The van der Waals surface area contributed by atoms with Crippen LogP contribution in [0.3, 0.4) is 0 Å². The van der Waals surface area contributed by atoms with Gasteiger partial charge in [0.15, 0.2) is 5.15 Å². The largest absolute Gasteiger partial charge is 0.444 e. The second-order valence-electron chi connectivity index (χ2n) is 10.1. The minimum absolute atomic E-state index is 0.158. The molecule has 0 radical (unpaired) electrons. The molecule has 0 bridgehead atoms. The van der Waals surface area contributed by atoms with Gasteiger partial charge in [0.05, 0.1) is 12.1 Å². The van der Waals surface area contributed by atoms with Gasteiger partial charge in [-0.25, -0.2) is 13.6 Å². The van der Waals surface area contributed by atoms with Gasteiger partial charge in [0.25, 0.3) is 0 Å². The van der Waals surface area contributed by atoms with E-state index in [1.807, 2.05) is 20.8 Å². The van der Waals surface area contributed by atoms with Gasteiger partial charge in [-0.1, -0.05) is 35.3 Å². The van der Waals surface area contributed by atoms with Crippen LogP contribution in [0.5, 0.6) is 0 Å². The minimum Gasteiger partial charge on any atom is -0.444 e. The predicted molar refractivity (Wildman–Crippen MR) is 136 cm³/mol. The third-order valence-corrected chi connectivity index (χ3v) is 7.00. The smallest absolute Gasteiger partial charge is 0.410 e. The van der Waals surface area contributed by atoms with Crippen molar-refractivity contribution in [1.82, 2.24) is 15.1 Å². The first kappa shape index (κ1) is 26.6. The summed E-state index contributed by atoms with van der Waals surface area (Å²) < 4.78 is 39.7. The highest BCUT2D eigenvalue weighted by molar-refractivity contribution is 6.36. The fourth-order valence-corrected chi connectivity index (χ4v) is 4.99. The van der Waals surface area contributed by atoms with Crippen molar-refractivity contribution < 1.29 is 23.0 Å². The molecule has 1 aliphatic heterocycles. The number of nitrogens with one attached hydrogen (secondary N) is 1. The number of carbonyl (C=O) groups excluding carboxylic acids is 1. The number of likely N-dealkylation sites (tertiary alicyclic amines) is 1. The SMILES string of the molecule is CC(C)(C)OC(=O)N1CCC(CO[C@H](CF)c2cc(Cl)cc3c(Cl)n[nH]c23)(c2ccc(F)cc2)CC1. The average molecular weight is 540 g/mol. The Hall–Kier alpha value is -2.42. The maximum Gasteiger partial charge on any atom is 0.410 e. The number of fused-ring (bicyclic) bond motifs is 1. The Morgan fingerprint density at radius 1 is 1.19 bits per heavy atom. The summed E-state index contributed by atoms with van der Waals surface area (Å²) in [5, 5.41) is 8.05. The molecule has 36 heavy (non-hydrogen) atoms. The Morgan fingerprint density at radius 3 is 2.47 bits per heavy atom. The van der Waals surface area contributed by atoms with E-state index >= 15 is 0 Å². The molecule has 10 heteroatoms. The summed E-state index contributed by atoms with van der Waals surface area (Å²) in [5.41, 5.74) is 0.787. The molecule has 1 N–H and O–H groups in total. The first-order chi connectivity index (χ1) is 17.0. The van der Waals surface area contributed by atoms with E-state index in [1.54, 1.807) is 29.2 Å². The zero-order chi connectivity index (χ0) is 26.1. The molecule has 1 fully saturated rings. The zero-order valence-electron chi connectivity index (χ0n) is 20.4. The molecule has 6 nitrogen and oxygen atoms in total. The van der Waals surface area contributed by atoms with Crippen LogP contribution in [0.15, 0.2) is 36.4 Å². The van der Waals surface area contributed by atoms with E-state index in [0.29, 0.717) is 47.4 Å². The molecular formula is C26H29Cl2F2N3O3. The number of ether oxygens (including phenoxy) is 2. The van der Waals surface area contributed by atoms with E-state index in [1.165, 1.54) is 12.1 Å². The summed E-state index contributed by atoms with van der Waals surface area (Å²) in [6, 6.07) is 9.54. The van der Waals surface area contributed by atoms with Gasteiger partial charge in [0, 0.05) is 34.5 Å². The number of alkyl halides is 1. The molecule has 1 aromatic heterocycles. The van der Waals surface area contributed by atoms with E-state index in [4.69, 9.17) is 32.7 Å². The standard InChI is InChI=1S/C26H29Cl2F2N3O3/c1-25(2,3)36-24(34)33-10-8-26(9-11-33,16-4-6-18(30)7-5-16)15-35-21(14-29)19-12-17(27)13-20-22(19)31-32-23(20)28/h4-7,12-13,21H,8-11,14-15H2,1-3H3,(H,31,32)/t21-/m1/s1. The summed E-state index contributed by atoms with van der Waals surface area (Å²) >= 11 is 12.4. The van der Waals surface area contributed by atoms with Crippen molar-refractivity contribution in [1.29, 1.82) is 0 Å². The van der Waals surface area contributed by atoms with Crippen LogP contribution in [-0.2, 0) is 14.9 Å². The highest BCUT2D eigenvalue weighted by Crippen LogP contribution is 2.39. The van der Waals surface area contributed by atoms with Gasteiger partial charge in [-0.3, -0.25) is 5.10 Å². The Morgan fingerprint density at radius 2 is 1.86 bits per heavy atom. The van der Waals surface area contributed by atoms with Gasteiger partial charge in [0.1, 0.15) is 24.2 Å². The molecule has 0 saturated carbocycles. The first-order valence-corrected chi connectivity index (χ1v) is 12.5. The molecule has 2 heterocycles. The maximum atomic E-state index is 14.3. The molecule has 1 saturated heterocycles. The van der Waals surface area contributed by atoms with Crippen molar-refractivity contribution in [2.75, 3.05) is 26.4 Å². The van der Waals surface area contributed by atoms with Crippen LogP contribution in [0.4, 0.5) is 13.6 Å². The molecule has 1 aliphatic rings. The van der Waals surface area contributed by atoms with Gasteiger partial charge in [-0.15, -0.1) is 0 Å². The number of rotatable bonds is 6. The molecule has 4 rings (SSSR count). The summed E-state index contributed by atoms with van der Waals surface area (Å²) in [7, 11) is 0. The minimum atomic E-state index is -0.927. The predicted octanol–water partition coefficient (Wildman–Crippen LogP) is 7.00. The Bertz CT molecular complexity index is 1220. The molecule has 1 atom stereocenters. The topological polar surface area (TPSA) is 67.4 Å². The Labute approximate surface area is 218 Å². The number of H-pyrrole nitrogens is 1. The second-order valence-corrected chi connectivity index (χ2v) is 10.9. The molecule has 0 spiro atoms. The van der Waals surface area contributed by atoms with Crippen LogP contribution in [0.25, 0.3) is 10.9 Å². The number of benzene rings is 2. The van der Waals surface area contributed by atoms with Gasteiger partial charge >= 0.3 is 6.09 Å². The van der Waals surface area contributed by atoms with E-state index in [2.05, 4.69) is 10.2 Å². The fourth-order valence-electron chi connectivity index (χ4n) is 4.58. The van der Waals surface area contributed by atoms with Gasteiger partial charge in [-0.2, -0.15) is 5.10 Å². The summed E-state index contributed by atoms with van der Waals surface area (Å²) in [5.74, 6) is -0.347. The normalized spacial score (nSPS) is 16.8. The molecule has 3 aromatic rings. The summed E-state index contributed by atoms with van der Waals surface area (Å²) in [6.45, 7) is 5.68. The highest BCUT2D eigenvalue weighted by Gasteiger charge is 2.39. The number of aromatic amines is 1. The first-order valence-electron chi connectivity index (χ1n) is 11.8. The van der Waals surface area contributed by atoms with E-state index < -0.39 is 23.8 Å². The average Bonchev–Trinajstić information content (AvgIpc) is 3.19. The van der Waals surface area contributed by atoms with Gasteiger partial charge in [-0.05, 0) is 63.4 Å². The van der Waals surface area contributed by atoms with Gasteiger partial charge in [0.2, 0.25) is 0 Å². The monoisotopic (exact) mass is 539 g/mol. The van der Waals surface area contributed by atoms with Crippen LogP contribution in [-0.4, -0.2) is 53.2 Å². The maximum absolute atomic E-state index is 14.3. The van der Waals surface area contributed by atoms with Crippen molar-refractivity contribution in [2.24, 2.45) is 0 Å². The Balaban J connectivity index is 1.58. The third kappa shape index (κ3) is 5.76. The molecule has 2 aromatic carbocycles. The lowest BCUT2D eigenvalue weighted by Crippen LogP contribution is -2.48. The van der Waals surface area contributed by atoms with Gasteiger partial charge < -0.3 is 14.4 Å². The lowest BCUT2D eigenvalue weighted by molar-refractivity contribution is -0.0210. The van der Waals surface area contributed by atoms with Crippen LogP contribution in [0.2, 0.25) is 10.2 Å². The molecule has 194 valence electrons.